The molecule has 42 heavy (non-hydrogen) atoms. The van der Waals surface area contributed by atoms with Crippen molar-refractivity contribution in [2.45, 2.75) is 150 Å². The molecule has 1 heterocycles. The molecule has 0 radical (unpaired) electrons. The number of hydrogen-bond acceptors (Lipinski definition) is 6. The van der Waals surface area contributed by atoms with Gasteiger partial charge in [0.15, 0.2) is 6.10 Å². The molecule has 12 atom stereocenters. The van der Waals surface area contributed by atoms with Crippen LogP contribution in [0.25, 0.3) is 0 Å². The van der Waals surface area contributed by atoms with E-state index >= 15 is 0 Å². The molecule has 6 nitrogen and oxygen atoms in total. The highest BCUT2D eigenvalue weighted by Gasteiger charge is 2.61. The summed E-state index contributed by atoms with van der Waals surface area (Å²) in [5.41, 5.74) is 0.916. The Kier molecular flexibility index (Phi) is 9.41. The van der Waals surface area contributed by atoms with Crippen molar-refractivity contribution in [3.05, 3.63) is 0 Å². The molecule has 6 heteroatoms. The molecule has 4 saturated carbocycles. The normalized spacial score (nSPS) is 43.6. The molecule has 1 aliphatic heterocycles. The third-order valence-corrected chi connectivity index (χ3v) is 13.3. The standard InChI is InChI=1S/C36H58O6/c1-21(2)9-8-10-22(3)28-13-14-29-27-12-11-26-19-25(15-17-35(26,6)30(27)16-18-36(28,29)7)20-31-32(40-23(4)37)33(34(39)42-31)41-24(5)38/h21-22,25-33H,8-20H2,1-7H3/t22-,25+,26+,27+,28-,29+,30+,31-,32-,33-,35+,36-/m1/s1. The van der Waals surface area contributed by atoms with Crippen molar-refractivity contribution in [1.29, 1.82) is 0 Å². The van der Waals surface area contributed by atoms with E-state index in [-0.39, 0.29) is 0 Å². The highest BCUT2D eigenvalue weighted by atomic mass is 16.7. The van der Waals surface area contributed by atoms with Crippen LogP contribution in [0.3, 0.4) is 0 Å². The largest absolute Gasteiger partial charge is 0.455 e. The van der Waals surface area contributed by atoms with Crippen molar-refractivity contribution in [3.8, 4) is 0 Å². The van der Waals surface area contributed by atoms with Gasteiger partial charge in [-0.3, -0.25) is 9.59 Å². The molecular weight excluding hydrogens is 528 g/mol. The number of hydrogen-bond donors (Lipinski definition) is 0. The highest BCUT2D eigenvalue weighted by molar-refractivity contribution is 5.82. The maximum absolute atomic E-state index is 12.6. The van der Waals surface area contributed by atoms with E-state index in [0.29, 0.717) is 29.1 Å². The third-order valence-electron chi connectivity index (χ3n) is 13.3. The zero-order valence-corrected chi connectivity index (χ0v) is 27.5. The summed E-state index contributed by atoms with van der Waals surface area (Å²) in [6.45, 7) is 15.2. The van der Waals surface area contributed by atoms with Crippen LogP contribution in [0.15, 0.2) is 0 Å². The molecule has 0 aromatic heterocycles. The molecule has 0 N–H and O–H groups in total. The molecule has 0 spiro atoms. The molecule has 4 aliphatic carbocycles. The minimum Gasteiger partial charge on any atom is -0.455 e. The van der Waals surface area contributed by atoms with Crippen molar-refractivity contribution in [3.63, 3.8) is 0 Å². The van der Waals surface area contributed by atoms with E-state index in [1.807, 2.05) is 0 Å². The van der Waals surface area contributed by atoms with Gasteiger partial charge < -0.3 is 14.2 Å². The smallest absolute Gasteiger partial charge is 0.352 e. The van der Waals surface area contributed by atoms with Gasteiger partial charge in [-0.25, -0.2) is 4.79 Å². The van der Waals surface area contributed by atoms with E-state index in [9.17, 15) is 14.4 Å². The van der Waals surface area contributed by atoms with Crippen molar-refractivity contribution in [2.75, 3.05) is 0 Å². The second-order valence-corrected chi connectivity index (χ2v) is 16.1. The lowest BCUT2D eigenvalue weighted by atomic mass is 9.44. The molecule has 5 aliphatic rings. The number of fused-ring (bicyclic) bond motifs is 5. The first-order valence-corrected chi connectivity index (χ1v) is 17.4. The Labute approximate surface area is 254 Å². The summed E-state index contributed by atoms with van der Waals surface area (Å²) >= 11 is 0. The van der Waals surface area contributed by atoms with Gasteiger partial charge in [-0.05, 0) is 122 Å². The summed E-state index contributed by atoms with van der Waals surface area (Å²) < 4.78 is 16.4. The molecule has 0 amide bonds. The highest BCUT2D eigenvalue weighted by Crippen LogP contribution is 2.69. The minimum atomic E-state index is -1.16. The number of carbonyl (C=O) groups is 3. The average Bonchev–Trinajstić information content (AvgIpc) is 3.39. The molecular formula is C36H58O6. The van der Waals surface area contributed by atoms with Gasteiger partial charge in [-0.2, -0.15) is 0 Å². The van der Waals surface area contributed by atoms with E-state index in [1.165, 1.54) is 78.1 Å². The summed E-state index contributed by atoms with van der Waals surface area (Å²) in [6, 6.07) is 0. The van der Waals surface area contributed by atoms with Crippen LogP contribution in [-0.2, 0) is 28.6 Å². The first kappa shape index (κ1) is 31.8. The van der Waals surface area contributed by atoms with Gasteiger partial charge in [0, 0.05) is 13.8 Å². The van der Waals surface area contributed by atoms with Crippen LogP contribution in [0.5, 0.6) is 0 Å². The van der Waals surface area contributed by atoms with Crippen molar-refractivity contribution in [1.82, 2.24) is 0 Å². The maximum Gasteiger partial charge on any atom is 0.352 e. The molecule has 0 bridgehead atoms. The second kappa shape index (κ2) is 12.4. The topological polar surface area (TPSA) is 78.9 Å². The zero-order valence-electron chi connectivity index (χ0n) is 27.5. The van der Waals surface area contributed by atoms with Gasteiger partial charge in [-0.1, -0.05) is 53.9 Å². The molecule has 0 aromatic carbocycles. The Balaban J connectivity index is 1.22. The number of cyclic esters (lactones) is 1. The maximum atomic E-state index is 12.6. The van der Waals surface area contributed by atoms with Gasteiger partial charge in [0.25, 0.3) is 0 Å². The van der Waals surface area contributed by atoms with Gasteiger partial charge in [0.1, 0.15) is 6.10 Å². The third kappa shape index (κ3) is 6.03. The van der Waals surface area contributed by atoms with Crippen molar-refractivity contribution < 1.29 is 28.6 Å². The first-order chi connectivity index (χ1) is 19.8. The van der Waals surface area contributed by atoms with Gasteiger partial charge >= 0.3 is 17.9 Å². The van der Waals surface area contributed by atoms with Gasteiger partial charge in [-0.15, -0.1) is 0 Å². The van der Waals surface area contributed by atoms with Crippen LogP contribution >= 0.6 is 0 Å². The Morgan fingerprint density at radius 3 is 2.26 bits per heavy atom. The van der Waals surface area contributed by atoms with Gasteiger partial charge in [0.2, 0.25) is 6.10 Å². The summed E-state index contributed by atoms with van der Waals surface area (Å²) in [7, 11) is 0. The summed E-state index contributed by atoms with van der Waals surface area (Å²) in [5.74, 6) is 4.61. The molecule has 0 unspecified atom stereocenters. The molecule has 0 aromatic rings. The average molecular weight is 587 g/mol. The zero-order chi connectivity index (χ0) is 30.4. The van der Waals surface area contributed by atoms with E-state index in [1.54, 1.807) is 0 Å². The lowest BCUT2D eigenvalue weighted by Gasteiger charge is -2.61. The Morgan fingerprint density at radius 2 is 1.57 bits per heavy atom. The van der Waals surface area contributed by atoms with E-state index in [4.69, 9.17) is 14.2 Å². The Bertz CT molecular complexity index is 1010. The lowest BCUT2D eigenvalue weighted by molar-refractivity contribution is -0.166. The van der Waals surface area contributed by atoms with Crippen LogP contribution in [0.1, 0.15) is 132 Å². The van der Waals surface area contributed by atoms with E-state index in [2.05, 4.69) is 34.6 Å². The lowest BCUT2D eigenvalue weighted by Crippen LogP contribution is -2.54. The van der Waals surface area contributed by atoms with E-state index in [0.717, 1.165) is 48.3 Å². The second-order valence-electron chi connectivity index (χ2n) is 16.1. The summed E-state index contributed by atoms with van der Waals surface area (Å²) in [4.78, 5) is 36.0. The van der Waals surface area contributed by atoms with Crippen LogP contribution in [0, 0.1) is 58.2 Å². The summed E-state index contributed by atoms with van der Waals surface area (Å²) in [5, 5.41) is 0. The van der Waals surface area contributed by atoms with Crippen LogP contribution in [0.4, 0.5) is 0 Å². The fourth-order valence-corrected chi connectivity index (χ4v) is 11.3. The van der Waals surface area contributed by atoms with E-state index < -0.39 is 36.2 Å². The van der Waals surface area contributed by atoms with Crippen LogP contribution in [0.2, 0.25) is 0 Å². The molecule has 5 rings (SSSR count). The first-order valence-electron chi connectivity index (χ1n) is 17.4. The molecule has 238 valence electrons. The Morgan fingerprint density at radius 1 is 0.881 bits per heavy atom. The monoisotopic (exact) mass is 586 g/mol. The summed E-state index contributed by atoms with van der Waals surface area (Å²) in [6.07, 6.45) is 14.1. The van der Waals surface area contributed by atoms with Crippen molar-refractivity contribution >= 4 is 17.9 Å². The fourth-order valence-electron chi connectivity index (χ4n) is 11.3. The van der Waals surface area contributed by atoms with Crippen LogP contribution in [-0.4, -0.2) is 36.2 Å². The Hall–Kier alpha value is -1.59. The predicted octanol–water partition coefficient (Wildman–Crippen LogP) is 7.90. The number of esters is 3. The van der Waals surface area contributed by atoms with Gasteiger partial charge in [0.05, 0.1) is 0 Å². The fraction of sp³-hybridized carbons (Fsp3) is 0.917. The predicted molar refractivity (Wildman–Crippen MR) is 162 cm³/mol. The number of rotatable bonds is 9. The van der Waals surface area contributed by atoms with Crippen molar-refractivity contribution in [2.24, 2.45) is 58.2 Å². The minimum absolute atomic E-state index is 0.392. The number of carbonyl (C=O) groups excluding carboxylic acids is 3. The van der Waals surface area contributed by atoms with Crippen LogP contribution < -0.4 is 0 Å². The molecule has 5 fully saturated rings. The molecule has 1 saturated heterocycles. The quantitative estimate of drug-likeness (QED) is 0.202. The number of ether oxygens (including phenoxy) is 3. The SMILES string of the molecule is CC(=O)O[C@@H]1[C@@H](C[C@H]2CC[C@@]3(C)[C@@H](CC[C@@H]4[C@@H]3CC[C@]3(C)[C@@H]([C@H](C)CCCC(C)C)CC[C@@H]43)C2)OC(=O)[C@@H]1OC(C)=O.